The van der Waals surface area contributed by atoms with E-state index in [0.717, 1.165) is 6.42 Å². The monoisotopic (exact) mass is 291 g/mol. The van der Waals surface area contributed by atoms with Crippen LogP contribution in [0.4, 0.5) is 0 Å². The second-order valence-electron chi connectivity index (χ2n) is 4.15. The van der Waals surface area contributed by atoms with Crippen LogP contribution in [-0.4, -0.2) is 30.5 Å². The molecule has 1 aromatic carbocycles. The zero-order chi connectivity index (χ0) is 13.7. The van der Waals surface area contributed by atoms with Crippen molar-refractivity contribution >= 4 is 12.4 Å². The van der Waals surface area contributed by atoms with Gasteiger partial charge in [-0.1, -0.05) is 13.3 Å². The number of methoxy groups -OCH3 is 2. The number of rotatable bonds is 6. The zero-order valence-corrected chi connectivity index (χ0v) is 12.2. The Kier molecular flexibility index (Phi) is 7.59. The maximum atomic E-state index is 9.98. The molecule has 0 amide bonds. The van der Waals surface area contributed by atoms with E-state index in [4.69, 9.17) is 15.2 Å². The third-order valence-corrected chi connectivity index (χ3v) is 2.86. The molecule has 2 atom stereocenters. The molecule has 1 rings (SSSR count). The van der Waals surface area contributed by atoms with Crippen molar-refractivity contribution in [3.8, 4) is 17.2 Å². The van der Waals surface area contributed by atoms with Crippen molar-refractivity contribution in [1.29, 1.82) is 0 Å². The van der Waals surface area contributed by atoms with Crippen LogP contribution in [-0.2, 0) is 0 Å². The van der Waals surface area contributed by atoms with Gasteiger partial charge in [-0.3, -0.25) is 0 Å². The Bertz CT molecular complexity index is 375. The van der Waals surface area contributed by atoms with Crippen LogP contribution in [0.15, 0.2) is 12.1 Å². The van der Waals surface area contributed by atoms with Crippen molar-refractivity contribution in [3.05, 3.63) is 17.7 Å². The summed E-state index contributed by atoms with van der Waals surface area (Å²) in [4.78, 5) is 0. The maximum Gasteiger partial charge on any atom is 0.131 e. The molecule has 0 aromatic heterocycles. The van der Waals surface area contributed by atoms with Gasteiger partial charge in [0.15, 0.2) is 0 Å². The number of nitrogens with two attached hydrogens (primary N) is 1. The third kappa shape index (κ3) is 4.16. The molecule has 0 radical (unpaired) electrons. The second-order valence-corrected chi connectivity index (χ2v) is 4.15. The van der Waals surface area contributed by atoms with E-state index in [1.807, 2.05) is 6.92 Å². The molecule has 4 N–H and O–H groups in total. The second kappa shape index (κ2) is 8.09. The SMILES string of the molecule is CCC[C@@H](O)[C@@H](N)c1c(OC)cc(O)cc1OC.Cl. The fourth-order valence-corrected chi connectivity index (χ4v) is 1.92. The molecule has 1 aromatic rings. The summed E-state index contributed by atoms with van der Waals surface area (Å²) in [5.41, 5.74) is 6.60. The van der Waals surface area contributed by atoms with Gasteiger partial charge in [0.05, 0.1) is 31.9 Å². The lowest BCUT2D eigenvalue weighted by Crippen LogP contribution is -2.27. The molecule has 5 nitrogen and oxygen atoms in total. The largest absolute Gasteiger partial charge is 0.508 e. The van der Waals surface area contributed by atoms with Crippen LogP contribution in [0.25, 0.3) is 0 Å². The number of aromatic hydroxyl groups is 1. The third-order valence-electron chi connectivity index (χ3n) is 2.86. The van der Waals surface area contributed by atoms with Crippen molar-refractivity contribution < 1.29 is 19.7 Å². The van der Waals surface area contributed by atoms with E-state index in [-0.39, 0.29) is 18.2 Å². The van der Waals surface area contributed by atoms with Gasteiger partial charge < -0.3 is 25.4 Å². The quantitative estimate of drug-likeness (QED) is 0.746. The van der Waals surface area contributed by atoms with E-state index in [0.29, 0.717) is 23.5 Å². The average Bonchev–Trinajstić information content (AvgIpc) is 2.36. The molecular formula is C13H22ClNO4. The molecule has 0 bridgehead atoms. The van der Waals surface area contributed by atoms with Gasteiger partial charge in [-0.2, -0.15) is 0 Å². The van der Waals surface area contributed by atoms with Crippen molar-refractivity contribution in [3.63, 3.8) is 0 Å². The maximum absolute atomic E-state index is 9.98. The van der Waals surface area contributed by atoms with Gasteiger partial charge in [0.2, 0.25) is 0 Å². The molecular weight excluding hydrogens is 270 g/mol. The minimum absolute atomic E-state index is 0. The smallest absolute Gasteiger partial charge is 0.131 e. The highest BCUT2D eigenvalue weighted by atomic mass is 35.5. The molecule has 0 fully saturated rings. The summed E-state index contributed by atoms with van der Waals surface area (Å²) >= 11 is 0. The first kappa shape index (κ1) is 17.8. The summed E-state index contributed by atoms with van der Waals surface area (Å²) in [5, 5.41) is 19.5. The zero-order valence-electron chi connectivity index (χ0n) is 11.4. The molecule has 0 heterocycles. The first-order valence-corrected chi connectivity index (χ1v) is 5.93. The van der Waals surface area contributed by atoms with Gasteiger partial charge >= 0.3 is 0 Å². The fraction of sp³-hybridized carbons (Fsp3) is 0.538. The van der Waals surface area contributed by atoms with E-state index < -0.39 is 12.1 Å². The lowest BCUT2D eigenvalue weighted by molar-refractivity contribution is 0.131. The number of phenols is 1. The van der Waals surface area contributed by atoms with Crippen molar-refractivity contribution in [2.24, 2.45) is 5.73 Å². The number of hydrogen-bond donors (Lipinski definition) is 3. The molecule has 0 saturated carbocycles. The van der Waals surface area contributed by atoms with Gasteiger partial charge in [0, 0.05) is 12.1 Å². The van der Waals surface area contributed by atoms with E-state index in [1.165, 1.54) is 26.4 Å². The van der Waals surface area contributed by atoms with Gasteiger partial charge in [-0.05, 0) is 6.42 Å². The minimum Gasteiger partial charge on any atom is -0.508 e. The number of benzene rings is 1. The van der Waals surface area contributed by atoms with Crippen LogP contribution in [0, 0.1) is 0 Å². The normalized spacial score (nSPS) is 13.3. The number of aliphatic hydroxyl groups is 1. The van der Waals surface area contributed by atoms with Crippen LogP contribution in [0.3, 0.4) is 0 Å². The highest BCUT2D eigenvalue weighted by Gasteiger charge is 2.24. The Labute approximate surface area is 119 Å². The molecule has 110 valence electrons. The minimum atomic E-state index is -0.678. The van der Waals surface area contributed by atoms with Crippen molar-refractivity contribution in [1.82, 2.24) is 0 Å². The number of phenolic OH excluding ortho intramolecular Hbond substituents is 1. The van der Waals surface area contributed by atoms with Gasteiger partial charge in [-0.15, -0.1) is 12.4 Å². The fourth-order valence-electron chi connectivity index (χ4n) is 1.92. The number of halogens is 1. The standard InChI is InChI=1S/C13H21NO4.ClH/c1-4-5-9(16)13(14)12-10(17-2)6-8(15)7-11(12)18-3;/h6-7,9,13,15-16H,4-5,14H2,1-3H3;1H/t9-,13-;/m1./s1. The lowest BCUT2D eigenvalue weighted by Gasteiger charge is -2.23. The van der Waals surface area contributed by atoms with E-state index in [9.17, 15) is 10.2 Å². The summed E-state index contributed by atoms with van der Waals surface area (Å²) in [6, 6.07) is 2.29. The van der Waals surface area contributed by atoms with Gasteiger partial charge in [0.1, 0.15) is 17.2 Å². The van der Waals surface area contributed by atoms with Crippen LogP contribution in [0.2, 0.25) is 0 Å². The molecule has 0 unspecified atom stereocenters. The first-order chi connectivity index (χ1) is 8.54. The van der Waals surface area contributed by atoms with Crippen molar-refractivity contribution in [2.45, 2.75) is 31.9 Å². The molecule has 0 aliphatic heterocycles. The number of hydrogen-bond acceptors (Lipinski definition) is 5. The Balaban J connectivity index is 0.00000324. The topological polar surface area (TPSA) is 84.9 Å². The molecule has 0 saturated heterocycles. The molecule has 0 aliphatic rings. The van der Waals surface area contributed by atoms with Crippen LogP contribution in [0.5, 0.6) is 17.2 Å². The Morgan fingerprint density at radius 2 is 1.68 bits per heavy atom. The summed E-state index contributed by atoms with van der Waals surface area (Å²) in [6.07, 6.45) is 0.744. The lowest BCUT2D eigenvalue weighted by atomic mass is 9.97. The Hall–Kier alpha value is -1.17. The molecule has 19 heavy (non-hydrogen) atoms. The predicted molar refractivity (Wildman–Crippen MR) is 76.3 cm³/mol. The van der Waals surface area contributed by atoms with Crippen LogP contribution >= 0.6 is 12.4 Å². The first-order valence-electron chi connectivity index (χ1n) is 5.93. The summed E-state index contributed by atoms with van der Waals surface area (Å²) in [7, 11) is 2.97. The van der Waals surface area contributed by atoms with E-state index in [2.05, 4.69) is 0 Å². The summed E-state index contributed by atoms with van der Waals surface area (Å²) < 4.78 is 10.4. The predicted octanol–water partition coefficient (Wildman–Crippen LogP) is 1.99. The molecule has 6 heteroatoms. The summed E-state index contributed by atoms with van der Waals surface area (Å²) in [5.74, 6) is 0.855. The van der Waals surface area contributed by atoms with E-state index in [1.54, 1.807) is 0 Å². The molecule has 0 spiro atoms. The van der Waals surface area contributed by atoms with Gasteiger partial charge in [-0.25, -0.2) is 0 Å². The molecule has 0 aliphatic carbocycles. The Morgan fingerprint density at radius 1 is 1.21 bits per heavy atom. The van der Waals surface area contributed by atoms with Crippen LogP contribution in [0.1, 0.15) is 31.4 Å². The highest BCUT2D eigenvalue weighted by Crippen LogP contribution is 2.38. The average molecular weight is 292 g/mol. The highest BCUT2D eigenvalue weighted by molar-refractivity contribution is 5.85. The van der Waals surface area contributed by atoms with Crippen LogP contribution < -0.4 is 15.2 Å². The number of aliphatic hydroxyl groups excluding tert-OH is 1. The van der Waals surface area contributed by atoms with Gasteiger partial charge in [0.25, 0.3) is 0 Å². The summed E-state index contributed by atoms with van der Waals surface area (Å²) in [6.45, 7) is 1.97. The van der Waals surface area contributed by atoms with E-state index >= 15 is 0 Å². The number of ether oxygens (including phenoxy) is 2. The van der Waals surface area contributed by atoms with Crippen molar-refractivity contribution in [2.75, 3.05) is 14.2 Å². The Morgan fingerprint density at radius 3 is 2.05 bits per heavy atom.